The van der Waals surface area contributed by atoms with Gasteiger partial charge < -0.3 is 11.1 Å². The van der Waals surface area contributed by atoms with Crippen molar-refractivity contribution >= 4 is 5.91 Å². The topological polar surface area (TPSA) is 55.1 Å². The van der Waals surface area contributed by atoms with Gasteiger partial charge in [-0.25, -0.2) is 4.39 Å². The predicted molar refractivity (Wildman–Crippen MR) is 66.2 cm³/mol. The van der Waals surface area contributed by atoms with E-state index in [2.05, 4.69) is 5.32 Å². The van der Waals surface area contributed by atoms with E-state index in [1.807, 2.05) is 20.8 Å². The highest BCUT2D eigenvalue weighted by Crippen LogP contribution is 2.15. The first-order valence-corrected chi connectivity index (χ1v) is 5.67. The van der Waals surface area contributed by atoms with Crippen molar-refractivity contribution in [1.82, 2.24) is 5.32 Å². The molecule has 17 heavy (non-hydrogen) atoms. The number of halogens is 1. The van der Waals surface area contributed by atoms with Crippen LogP contribution in [0.1, 0.15) is 31.1 Å². The molecule has 0 saturated heterocycles. The molecule has 0 heterocycles. The lowest BCUT2D eigenvalue weighted by Crippen LogP contribution is -2.55. The zero-order valence-electron chi connectivity index (χ0n) is 10.5. The summed E-state index contributed by atoms with van der Waals surface area (Å²) in [5.41, 5.74) is 5.67. The average molecular weight is 238 g/mol. The van der Waals surface area contributed by atoms with E-state index >= 15 is 0 Å². The summed E-state index contributed by atoms with van der Waals surface area (Å²) in [6, 6.07) is 5.46. The van der Waals surface area contributed by atoms with Gasteiger partial charge >= 0.3 is 0 Å². The van der Waals surface area contributed by atoms with E-state index in [0.29, 0.717) is 12.1 Å². The third-order valence-electron chi connectivity index (χ3n) is 3.20. The van der Waals surface area contributed by atoms with Crippen LogP contribution in [0.2, 0.25) is 0 Å². The highest BCUT2D eigenvalue weighted by atomic mass is 19.1. The summed E-state index contributed by atoms with van der Waals surface area (Å²) in [6.07, 6.45) is 0. The molecule has 1 aromatic carbocycles. The maximum Gasteiger partial charge on any atom is 0.251 e. The summed E-state index contributed by atoms with van der Waals surface area (Å²) in [5.74, 6) is -0.365. The van der Waals surface area contributed by atoms with Crippen LogP contribution in [0.4, 0.5) is 4.39 Å². The third-order valence-corrected chi connectivity index (χ3v) is 3.20. The number of benzene rings is 1. The van der Waals surface area contributed by atoms with Crippen molar-refractivity contribution in [2.75, 3.05) is 6.54 Å². The van der Waals surface area contributed by atoms with E-state index in [1.54, 1.807) is 0 Å². The van der Waals surface area contributed by atoms with Crippen LogP contribution in [0.15, 0.2) is 24.3 Å². The zero-order valence-corrected chi connectivity index (χ0v) is 10.5. The van der Waals surface area contributed by atoms with Gasteiger partial charge in [-0.3, -0.25) is 4.79 Å². The number of rotatable bonds is 4. The first-order valence-electron chi connectivity index (χ1n) is 5.67. The van der Waals surface area contributed by atoms with Crippen LogP contribution < -0.4 is 11.1 Å². The molecule has 0 spiro atoms. The fourth-order valence-corrected chi connectivity index (χ4v) is 1.36. The Morgan fingerprint density at radius 1 is 1.41 bits per heavy atom. The van der Waals surface area contributed by atoms with Gasteiger partial charge in [-0.2, -0.15) is 0 Å². The van der Waals surface area contributed by atoms with Crippen molar-refractivity contribution in [3.8, 4) is 0 Å². The molecule has 0 bridgehead atoms. The monoisotopic (exact) mass is 238 g/mol. The van der Waals surface area contributed by atoms with E-state index in [-0.39, 0.29) is 17.6 Å². The lowest BCUT2D eigenvalue weighted by atomic mass is 9.88. The van der Waals surface area contributed by atoms with Gasteiger partial charge in [0.15, 0.2) is 0 Å². The molecule has 0 aliphatic heterocycles. The molecule has 94 valence electrons. The highest BCUT2D eigenvalue weighted by Gasteiger charge is 2.28. The zero-order chi connectivity index (χ0) is 13.1. The van der Waals surface area contributed by atoms with Crippen molar-refractivity contribution in [1.29, 1.82) is 0 Å². The molecule has 4 heteroatoms. The minimum absolute atomic E-state index is 0.219. The second-order valence-electron chi connectivity index (χ2n) is 4.74. The molecule has 1 amide bonds. The van der Waals surface area contributed by atoms with E-state index in [0.717, 1.165) is 0 Å². The molecule has 0 aliphatic carbocycles. The number of hydrogen-bond acceptors (Lipinski definition) is 2. The number of nitrogens with two attached hydrogens (primary N) is 1. The maximum absolute atomic E-state index is 12.7. The molecular weight excluding hydrogens is 219 g/mol. The number of hydrogen-bond donors (Lipinski definition) is 2. The smallest absolute Gasteiger partial charge is 0.251 e. The fourth-order valence-electron chi connectivity index (χ4n) is 1.36. The highest BCUT2D eigenvalue weighted by molar-refractivity contribution is 5.94. The first-order chi connectivity index (χ1) is 7.89. The van der Waals surface area contributed by atoms with Gasteiger partial charge in [0.05, 0.1) is 5.54 Å². The SMILES string of the molecule is CC(C)C(C)(CN)NC(=O)c1ccc(F)cc1. The van der Waals surface area contributed by atoms with Gasteiger partial charge in [-0.15, -0.1) is 0 Å². The molecule has 0 radical (unpaired) electrons. The number of nitrogens with one attached hydrogen (secondary N) is 1. The van der Waals surface area contributed by atoms with Crippen LogP contribution in [-0.4, -0.2) is 18.0 Å². The fraction of sp³-hybridized carbons (Fsp3) is 0.462. The first kappa shape index (κ1) is 13.6. The van der Waals surface area contributed by atoms with Crippen LogP contribution in [0, 0.1) is 11.7 Å². The van der Waals surface area contributed by atoms with E-state index in [4.69, 9.17) is 5.73 Å². The van der Waals surface area contributed by atoms with Crippen molar-refractivity contribution in [2.45, 2.75) is 26.3 Å². The molecule has 1 unspecified atom stereocenters. The molecule has 1 rings (SSSR count). The molecule has 0 aliphatic rings. The second kappa shape index (κ2) is 5.27. The molecule has 0 fully saturated rings. The van der Waals surface area contributed by atoms with Crippen LogP contribution >= 0.6 is 0 Å². The molecule has 1 aromatic rings. The quantitative estimate of drug-likeness (QED) is 0.842. The Bertz CT molecular complexity index is 389. The van der Waals surface area contributed by atoms with Crippen molar-refractivity contribution in [3.05, 3.63) is 35.6 Å². The van der Waals surface area contributed by atoms with Gasteiger partial charge in [0.25, 0.3) is 5.91 Å². The van der Waals surface area contributed by atoms with E-state index in [9.17, 15) is 9.18 Å². The van der Waals surface area contributed by atoms with Gasteiger partial charge in [0.1, 0.15) is 5.82 Å². The van der Waals surface area contributed by atoms with Gasteiger partial charge in [-0.05, 0) is 37.1 Å². The Labute approximate surface area is 101 Å². The molecular formula is C13H19FN2O. The van der Waals surface area contributed by atoms with E-state index < -0.39 is 5.54 Å². The summed E-state index contributed by atoms with van der Waals surface area (Å²) in [4.78, 5) is 11.9. The average Bonchev–Trinajstić information content (AvgIpc) is 2.29. The number of amides is 1. The standard InChI is InChI=1S/C13H19FN2O/c1-9(2)13(3,8-15)16-12(17)10-4-6-11(14)7-5-10/h4-7,9H,8,15H2,1-3H3,(H,16,17). The Morgan fingerprint density at radius 3 is 2.35 bits per heavy atom. The van der Waals surface area contributed by atoms with Crippen LogP contribution in [0.25, 0.3) is 0 Å². The number of carbonyl (C=O) groups is 1. The molecule has 0 saturated carbocycles. The summed E-state index contributed by atoms with van der Waals surface area (Å²) in [7, 11) is 0. The van der Waals surface area contributed by atoms with Crippen molar-refractivity contribution in [2.24, 2.45) is 11.7 Å². The van der Waals surface area contributed by atoms with Gasteiger partial charge in [-0.1, -0.05) is 13.8 Å². The Balaban J connectivity index is 2.81. The summed E-state index contributed by atoms with van der Waals surface area (Å²) in [5, 5.41) is 2.89. The second-order valence-corrected chi connectivity index (χ2v) is 4.74. The predicted octanol–water partition coefficient (Wildman–Crippen LogP) is 1.93. The Hall–Kier alpha value is -1.42. The molecule has 3 nitrogen and oxygen atoms in total. The van der Waals surface area contributed by atoms with Crippen LogP contribution in [0.5, 0.6) is 0 Å². The normalized spacial score (nSPS) is 14.5. The Kier molecular flexibility index (Phi) is 4.23. The van der Waals surface area contributed by atoms with Crippen LogP contribution in [-0.2, 0) is 0 Å². The van der Waals surface area contributed by atoms with Gasteiger partial charge in [0.2, 0.25) is 0 Å². The summed E-state index contributed by atoms with van der Waals surface area (Å²) >= 11 is 0. The number of carbonyl (C=O) groups excluding carboxylic acids is 1. The largest absolute Gasteiger partial charge is 0.345 e. The van der Waals surface area contributed by atoms with Gasteiger partial charge in [0, 0.05) is 12.1 Å². The lowest BCUT2D eigenvalue weighted by Gasteiger charge is -2.33. The van der Waals surface area contributed by atoms with Crippen molar-refractivity contribution in [3.63, 3.8) is 0 Å². The molecule has 3 N–H and O–H groups in total. The minimum Gasteiger partial charge on any atom is -0.345 e. The van der Waals surface area contributed by atoms with Crippen molar-refractivity contribution < 1.29 is 9.18 Å². The summed E-state index contributed by atoms with van der Waals surface area (Å²) in [6.45, 7) is 6.26. The van der Waals surface area contributed by atoms with E-state index in [1.165, 1.54) is 24.3 Å². The summed E-state index contributed by atoms with van der Waals surface area (Å²) < 4.78 is 12.7. The minimum atomic E-state index is -0.453. The molecule has 1 atom stereocenters. The maximum atomic E-state index is 12.7. The lowest BCUT2D eigenvalue weighted by molar-refractivity contribution is 0.0883. The van der Waals surface area contributed by atoms with Crippen LogP contribution in [0.3, 0.4) is 0 Å². The molecule has 0 aromatic heterocycles. The third kappa shape index (κ3) is 3.27. The Morgan fingerprint density at radius 2 is 1.94 bits per heavy atom.